The molecule has 0 bridgehead atoms. The molecule has 0 heterocycles. The summed E-state index contributed by atoms with van der Waals surface area (Å²) in [5.74, 6) is 0. The fraction of sp³-hybridized carbons (Fsp3) is 0.360. The third kappa shape index (κ3) is 11.8. The summed E-state index contributed by atoms with van der Waals surface area (Å²) < 4.78 is 0. The maximum absolute atomic E-state index is 3.85. The molecule has 0 nitrogen and oxygen atoms in total. The van der Waals surface area contributed by atoms with Crippen LogP contribution in [0, 0.1) is 0 Å². The second kappa shape index (κ2) is 23.3. The van der Waals surface area contributed by atoms with Gasteiger partial charge in [0.05, 0.1) is 10.9 Å². The summed E-state index contributed by atoms with van der Waals surface area (Å²) in [7, 11) is -0.0857. The van der Waals surface area contributed by atoms with Crippen LogP contribution in [0.5, 0.6) is 0 Å². The van der Waals surface area contributed by atoms with Gasteiger partial charge in [0, 0.05) is 0 Å². The van der Waals surface area contributed by atoms with E-state index in [-0.39, 0.29) is 10.9 Å². The van der Waals surface area contributed by atoms with E-state index in [1.165, 1.54) is 14.7 Å². The summed E-state index contributed by atoms with van der Waals surface area (Å²) in [6.45, 7) is 22.1. The van der Waals surface area contributed by atoms with Crippen molar-refractivity contribution in [2.45, 2.75) is 67.2 Å². The minimum Gasteiger partial charge on any atom is -0.0989 e. The molecule has 0 aliphatic heterocycles. The monoisotopic (exact) mass is 373 g/mol. The molecule has 1 aromatic carbocycles. The van der Waals surface area contributed by atoms with Gasteiger partial charge in [0.25, 0.3) is 0 Å². The molecule has 1 unspecified atom stereocenters. The Labute approximate surface area is 167 Å². The lowest BCUT2D eigenvalue weighted by atomic mass is 10.4. The zero-order chi connectivity index (χ0) is 20.8. The topological polar surface area (TPSA) is 0 Å². The van der Waals surface area contributed by atoms with Crippen LogP contribution in [0.25, 0.3) is 0 Å². The Balaban J connectivity index is -0.000000795. The van der Waals surface area contributed by atoms with Gasteiger partial charge in [-0.1, -0.05) is 84.5 Å². The summed E-state index contributed by atoms with van der Waals surface area (Å²) in [6.07, 6.45) is 14.7. The second-order valence-electron chi connectivity index (χ2n) is 4.12. The molecule has 0 N–H and O–H groups in total. The highest BCUT2D eigenvalue weighted by molar-refractivity contribution is 8.04. The molecule has 0 saturated carbocycles. The number of benzene rings is 1. The first-order valence-corrected chi connectivity index (χ1v) is 11.0. The number of hydrogen-bond donors (Lipinski definition) is 0. The van der Waals surface area contributed by atoms with E-state index in [1.54, 1.807) is 0 Å². The van der Waals surface area contributed by atoms with Crippen molar-refractivity contribution in [1.82, 2.24) is 0 Å². The van der Waals surface area contributed by atoms with Crippen LogP contribution in [0.15, 0.2) is 94.1 Å². The molecule has 0 aliphatic carbocycles. The zero-order valence-corrected chi connectivity index (χ0v) is 19.4. The number of allylic oxidation sites excluding steroid dienone is 7. The van der Waals surface area contributed by atoms with Crippen LogP contribution in [0.4, 0.5) is 0 Å². The summed E-state index contributed by atoms with van der Waals surface area (Å²) >= 11 is 0. The Bertz CT molecular complexity index is 531. The number of rotatable bonds is 6. The first kappa shape index (κ1) is 29.0. The quantitative estimate of drug-likeness (QED) is 0.345. The lowest BCUT2D eigenvalue weighted by molar-refractivity contribution is 1.44. The SMILES string of the molecule is C=C/C=C(\C=C/C)[S+](C(/C=C\C)=C/C)c1ccccc1.CC.CC.CC. The lowest BCUT2D eigenvalue weighted by Crippen LogP contribution is -2.07. The maximum Gasteiger partial charge on any atom is 0.166 e. The van der Waals surface area contributed by atoms with E-state index in [0.717, 1.165) is 0 Å². The van der Waals surface area contributed by atoms with E-state index in [0.29, 0.717) is 0 Å². The van der Waals surface area contributed by atoms with Gasteiger partial charge in [0.15, 0.2) is 14.7 Å². The van der Waals surface area contributed by atoms with Crippen molar-refractivity contribution >= 4 is 10.9 Å². The van der Waals surface area contributed by atoms with Gasteiger partial charge in [0.1, 0.15) is 0 Å². The van der Waals surface area contributed by atoms with Gasteiger partial charge in [-0.25, -0.2) is 0 Å². The average Bonchev–Trinajstić information content (AvgIpc) is 2.73. The van der Waals surface area contributed by atoms with E-state index < -0.39 is 0 Å². The van der Waals surface area contributed by atoms with E-state index in [2.05, 4.69) is 94.1 Å². The highest BCUT2D eigenvalue weighted by atomic mass is 32.2. The molecule has 146 valence electrons. The Morgan fingerprint density at radius 2 is 1.23 bits per heavy atom. The van der Waals surface area contributed by atoms with Gasteiger partial charge in [0.2, 0.25) is 0 Å². The van der Waals surface area contributed by atoms with Crippen LogP contribution < -0.4 is 0 Å². The molecule has 0 aromatic heterocycles. The van der Waals surface area contributed by atoms with Crippen LogP contribution in [-0.2, 0) is 10.9 Å². The third-order valence-corrected chi connectivity index (χ3v) is 5.01. The van der Waals surface area contributed by atoms with Gasteiger partial charge >= 0.3 is 0 Å². The summed E-state index contributed by atoms with van der Waals surface area (Å²) in [6, 6.07) is 10.6. The smallest absolute Gasteiger partial charge is 0.0989 e. The molecular weight excluding hydrogens is 332 g/mol. The Morgan fingerprint density at radius 1 is 0.769 bits per heavy atom. The predicted molar refractivity (Wildman–Crippen MR) is 128 cm³/mol. The molecule has 1 atom stereocenters. The van der Waals surface area contributed by atoms with Crippen LogP contribution in [0.1, 0.15) is 62.3 Å². The first-order valence-electron chi connectivity index (χ1n) is 9.82. The lowest BCUT2D eigenvalue weighted by Gasteiger charge is -2.08. The normalized spacial score (nSPS) is 12.2. The predicted octanol–water partition coefficient (Wildman–Crippen LogP) is 8.87. The summed E-state index contributed by atoms with van der Waals surface area (Å²) in [4.78, 5) is 3.93. The molecule has 0 aliphatic rings. The van der Waals surface area contributed by atoms with E-state index in [9.17, 15) is 0 Å². The van der Waals surface area contributed by atoms with Crippen molar-refractivity contribution in [1.29, 1.82) is 0 Å². The van der Waals surface area contributed by atoms with Crippen molar-refractivity contribution in [2.75, 3.05) is 0 Å². The van der Waals surface area contributed by atoms with Crippen molar-refractivity contribution in [2.24, 2.45) is 0 Å². The maximum atomic E-state index is 3.85. The number of hydrogen-bond acceptors (Lipinski definition) is 0. The van der Waals surface area contributed by atoms with Crippen molar-refractivity contribution in [3.05, 3.63) is 89.3 Å². The highest BCUT2D eigenvalue weighted by Crippen LogP contribution is 2.31. The van der Waals surface area contributed by atoms with Crippen LogP contribution >= 0.6 is 0 Å². The van der Waals surface area contributed by atoms with E-state index in [4.69, 9.17) is 0 Å². The van der Waals surface area contributed by atoms with Crippen LogP contribution in [0.2, 0.25) is 0 Å². The van der Waals surface area contributed by atoms with Gasteiger partial charge < -0.3 is 0 Å². The molecule has 26 heavy (non-hydrogen) atoms. The molecule has 0 saturated heterocycles. The van der Waals surface area contributed by atoms with Gasteiger partial charge in [-0.2, -0.15) is 0 Å². The van der Waals surface area contributed by atoms with E-state index in [1.807, 2.05) is 47.6 Å². The Kier molecular flexibility index (Phi) is 26.0. The molecule has 1 heteroatoms. The van der Waals surface area contributed by atoms with Gasteiger partial charge in [-0.3, -0.25) is 0 Å². The largest absolute Gasteiger partial charge is 0.166 e. The van der Waals surface area contributed by atoms with Crippen molar-refractivity contribution < 1.29 is 0 Å². The average molecular weight is 374 g/mol. The molecular formula is C25H41S+. The van der Waals surface area contributed by atoms with Crippen molar-refractivity contribution in [3.63, 3.8) is 0 Å². The third-order valence-electron chi connectivity index (χ3n) is 2.68. The second-order valence-corrected chi connectivity index (χ2v) is 6.14. The minimum absolute atomic E-state index is 0.0857. The van der Waals surface area contributed by atoms with E-state index >= 15 is 0 Å². The first-order chi connectivity index (χ1) is 12.8. The standard InChI is InChI=1S/C19H23S.3C2H6/c1-5-12-17(8-4)20(18(13-6-2)14-7-3)19-15-10-9-11-16-19;3*1-2/h5-16H,2H2,1,3-4H3;3*1-2H3/q+1;;;/b12-5-,14-7-,17-8+,18-13+;;;. The molecule has 0 amide bonds. The van der Waals surface area contributed by atoms with Crippen LogP contribution in [-0.4, -0.2) is 0 Å². The fourth-order valence-electron chi connectivity index (χ4n) is 1.88. The molecule has 0 radical (unpaired) electrons. The molecule has 0 spiro atoms. The highest BCUT2D eigenvalue weighted by Gasteiger charge is 2.29. The fourth-order valence-corrected chi connectivity index (χ4v) is 4.14. The zero-order valence-electron chi connectivity index (χ0n) is 18.5. The summed E-state index contributed by atoms with van der Waals surface area (Å²) in [5.41, 5.74) is 0. The minimum atomic E-state index is -0.0857. The van der Waals surface area contributed by atoms with Gasteiger partial charge in [-0.15, -0.1) is 0 Å². The van der Waals surface area contributed by atoms with Crippen molar-refractivity contribution in [3.8, 4) is 0 Å². The summed E-state index contributed by atoms with van der Waals surface area (Å²) in [5, 5.41) is 0. The van der Waals surface area contributed by atoms with Crippen LogP contribution in [0.3, 0.4) is 0 Å². The molecule has 1 rings (SSSR count). The van der Waals surface area contributed by atoms with Gasteiger partial charge in [-0.05, 0) is 57.2 Å². The Morgan fingerprint density at radius 3 is 1.62 bits per heavy atom. The Hall–Kier alpha value is -1.73. The molecule has 1 aromatic rings. The molecule has 0 fully saturated rings.